The molecule has 0 aliphatic carbocycles. The third-order valence-corrected chi connectivity index (χ3v) is 1.38. The van der Waals surface area contributed by atoms with Crippen molar-refractivity contribution in [3.63, 3.8) is 0 Å². The van der Waals surface area contributed by atoms with Crippen molar-refractivity contribution in [2.45, 2.75) is 6.92 Å². The summed E-state index contributed by atoms with van der Waals surface area (Å²) in [4.78, 5) is 0. The van der Waals surface area contributed by atoms with Gasteiger partial charge in [0.15, 0.2) is 0 Å². The van der Waals surface area contributed by atoms with Crippen molar-refractivity contribution in [3.05, 3.63) is 47.8 Å². The van der Waals surface area contributed by atoms with Gasteiger partial charge in [-0.3, -0.25) is 0 Å². The molecule has 1 aromatic carbocycles. The van der Waals surface area contributed by atoms with Crippen molar-refractivity contribution in [1.82, 2.24) is 0 Å². The summed E-state index contributed by atoms with van der Waals surface area (Å²) in [5.74, 6) is -0.200. The van der Waals surface area contributed by atoms with Gasteiger partial charge in [-0.15, -0.1) is 0 Å². The van der Waals surface area contributed by atoms with Crippen LogP contribution in [0.5, 0.6) is 0 Å². The molecule has 0 bridgehead atoms. The summed E-state index contributed by atoms with van der Waals surface area (Å²) >= 11 is 0. The van der Waals surface area contributed by atoms with E-state index in [0.29, 0.717) is 11.1 Å². The number of aryl methyl sites for hydroxylation is 1. The summed E-state index contributed by atoms with van der Waals surface area (Å²) < 4.78 is 12.7. The van der Waals surface area contributed by atoms with Crippen LogP contribution in [-0.4, -0.2) is 0 Å². The first kappa shape index (κ1) is 7.00. The summed E-state index contributed by atoms with van der Waals surface area (Å²) in [5, 5.41) is 0. The van der Waals surface area contributed by atoms with E-state index in [1.54, 1.807) is 19.1 Å². The Bertz CT molecular complexity index is 251. The van der Waals surface area contributed by atoms with Crippen LogP contribution in [0.3, 0.4) is 0 Å². The Morgan fingerprint density at radius 2 is 2.20 bits per heavy atom. The van der Waals surface area contributed by atoms with Crippen LogP contribution in [0, 0.1) is 18.8 Å². The van der Waals surface area contributed by atoms with E-state index >= 15 is 0 Å². The van der Waals surface area contributed by atoms with E-state index in [0.717, 1.165) is 0 Å². The fraction of sp³-hybridized carbons (Fsp3) is 0.111. The lowest BCUT2D eigenvalue weighted by Crippen LogP contribution is -1.82. The number of rotatable bonds is 1. The molecule has 0 spiro atoms. The number of benzene rings is 1. The third-order valence-electron chi connectivity index (χ3n) is 1.38. The molecule has 10 heavy (non-hydrogen) atoms. The normalized spacial score (nSPS) is 9.40. The summed E-state index contributed by atoms with van der Waals surface area (Å²) in [6.07, 6.45) is 2.60. The van der Waals surface area contributed by atoms with Gasteiger partial charge >= 0.3 is 0 Å². The van der Waals surface area contributed by atoms with Gasteiger partial charge in [-0.05, 0) is 30.2 Å². The molecule has 0 aromatic heterocycles. The molecule has 1 heteroatoms. The third kappa shape index (κ3) is 1.24. The van der Waals surface area contributed by atoms with Crippen molar-refractivity contribution in [3.8, 4) is 0 Å². The highest BCUT2D eigenvalue weighted by Gasteiger charge is 1.94. The minimum atomic E-state index is -0.200. The molecular weight excluding hydrogens is 127 g/mol. The second-order valence-electron chi connectivity index (χ2n) is 2.14. The molecule has 0 nitrogen and oxygen atoms in total. The molecule has 0 amide bonds. The molecule has 1 rings (SSSR count). The minimum absolute atomic E-state index is 0.200. The Labute approximate surface area is 60.0 Å². The van der Waals surface area contributed by atoms with E-state index in [-0.39, 0.29) is 5.82 Å². The van der Waals surface area contributed by atoms with Gasteiger partial charge in [-0.1, -0.05) is 18.7 Å². The highest BCUT2D eigenvalue weighted by atomic mass is 19.1. The molecular formula is C9H8F. The molecule has 0 unspecified atom stereocenters. The standard InChI is InChI=1S/C9H8F/c1-3-8-5-4-7(2)9(10)6-8/h4-6H,1H2,2H3. The minimum Gasteiger partial charge on any atom is -0.207 e. The van der Waals surface area contributed by atoms with E-state index in [1.807, 2.05) is 0 Å². The predicted octanol–water partition coefficient (Wildman–Crippen LogP) is 2.47. The second-order valence-corrected chi connectivity index (χ2v) is 2.14. The Balaban J connectivity index is 3.16. The van der Waals surface area contributed by atoms with Crippen LogP contribution >= 0.6 is 0 Å². The van der Waals surface area contributed by atoms with E-state index < -0.39 is 0 Å². The SMILES string of the molecule is C=[C]c1ccc(C)c(F)c1. The van der Waals surface area contributed by atoms with Gasteiger partial charge in [0.05, 0.1) is 0 Å². The van der Waals surface area contributed by atoms with Crippen LogP contribution in [0.15, 0.2) is 24.8 Å². The van der Waals surface area contributed by atoms with Crippen molar-refractivity contribution in [2.75, 3.05) is 0 Å². The van der Waals surface area contributed by atoms with Crippen LogP contribution in [0.1, 0.15) is 11.1 Å². The second kappa shape index (κ2) is 2.65. The zero-order valence-corrected chi connectivity index (χ0v) is 5.82. The summed E-state index contributed by atoms with van der Waals surface area (Å²) in [5.41, 5.74) is 1.35. The first-order valence-electron chi connectivity index (χ1n) is 3.03. The first-order chi connectivity index (χ1) is 4.74. The zero-order chi connectivity index (χ0) is 7.56. The van der Waals surface area contributed by atoms with Crippen molar-refractivity contribution >= 4 is 0 Å². The van der Waals surface area contributed by atoms with Crippen LogP contribution in [0.25, 0.3) is 0 Å². The molecule has 0 atom stereocenters. The fourth-order valence-electron chi connectivity index (χ4n) is 0.703. The quantitative estimate of drug-likeness (QED) is 0.555. The predicted molar refractivity (Wildman–Crippen MR) is 39.1 cm³/mol. The lowest BCUT2D eigenvalue weighted by atomic mass is 10.1. The zero-order valence-electron chi connectivity index (χ0n) is 5.82. The van der Waals surface area contributed by atoms with E-state index in [1.165, 1.54) is 6.07 Å². The van der Waals surface area contributed by atoms with Gasteiger partial charge in [0, 0.05) is 0 Å². The average molecular weight is 135 g/mol. The Kier molecular flexibility index (Phi) is 1.86. The van der Waals surface area contributed by atoms with Crippen LogP contribution in [0.4, 0.5) is 4.39 Å². The average Bonchev–Trinajstić information content (AvgIpc) is 1.95. The van der Waals surface area contributed by atoms with E-state index in [4.69, 9.17) is 0 Å². The number of hydrogen-bond acceptors (Lipinski definition) is 0. The Morgan fingerprint density at radius 1 is 1.50 bits per heavy atom. The summed E-state index contributed by atoms with van der Waals surface area (Å²) in [6, 6.07) is 4.91. The van der Waals surface area contributed by atoms with Crippen molar-refractivity contribution in [2.24, 2.45) is 0 Å². The molecule has 0 N–H and O–H groups in total. The lowest BCUT2D eigenvalue weighted by molar-refractivity contribution is 0.618. The molecule has 0 saturated carbocycles. The molecule has 0 heterocycles. The van der Waals surface area contributed by atoms with Crippen LogP contribution < -0.4 is 0 Å². The maximum Gasteiger partial charge on any atom is 0.126 e. The molecule has 0 saturated heterocycles. The molecule has 1 aromatic rings. The maximum absolute atomic E-state index is 12.7. The monoisotopic (exact) mass is 135 g/mol. The highest BCUT2D eigenvalue weighted by Crippen LogP contribution is 2.08. The Hall–Kier alpha value is -1.11. The smallest absolute Gasteiger partial charge is 0.126 e. The molecule has 0 aliphatic rings. The van der Waals surface area contributed by atoms with Gasteiger partial charge in [0.1, 0.15) is 5.82 Å². The van der Waals surface area contributed by atoms with Gasteiger partial charge < -0.3 is 0 Å². The maximum atomic E-state index is 12.7. The largest absolute Gasteiger partial charge is 0.207 e. The fourth-order valence-corrected chi connectivity index (χ4v) is 0.703. The molecule has 1 radical (unpaired) electrons. The van der Waals surface area contributed by atoms with Gasteiger partial charge in [-0.25, -0.2) is 4.39 Å². The summed E-state index contributed by atoms with van der Waals surface area (Å²) in [6.45, 7) is 5.13. The number of halogens is 1. The van der Waals surface area contributed by atoms with Crippen LogP contribution in [-0.2, 0) is 0 Å². The lowest BCUT2D eigenvalue weighted by Gasteiger charge is -1.95. The van der Waals surface area contributed by atoms with E-state index in [9.17, 15) is 4.39 Å². The van der Waals surface area contributed by atoms with Crippen LogP contribution in [0.2, 0.25) is 0 Å². The highest BCUT2D eigenvalue weighted by molar-refractivity contribution is 5.26. The molecule has 51 valence electrons. The summed E-state index contributed by atoms with van der Waals surface area (Å²) in [7, 11) is 0. The van der Waals surface area contributed by atoms with E-state index in [2.05, 4.69) is 12.7 Å². The molecule has 0 fully saturated rings. The number of hydrogen-bond donors (Lipinski definition) is 0. The van der Waals surface area contributed by atoms with Gasteiger partial charge in [0.2, 0.25) is 0 Å². The van der Waals surface area contributed by atoms with Crippen molar-refractivity contribution in [1.29, 1.82) is 0 Å². The topological polar surface area (TPSA) is 0 Å². The first-order valence-corrected chi connectivity index (χ1v) is 3.03. The Morgan fingerprint density at radius 3 is 2.70 bits per heavy atom. The van der Waals surface area contributed by atoms with Crippen molar-refractivity contribution < 1.29 is 4.39 Å². The molecule has 0 aliphatic heterocycles. The van der Waals surface area contributed by atoms with Gasteiger partial charge in [-0.2, -0.15) is 0 Å². The van der Waals surface area contributed by atoms with Gasteiger partial charge in [0.25, 0.3) is 0 Å².